The van der Waals surface area contributed by atoms with E-state index in [0.29, 0.717) is 24.1 Å². The van der Waals surface area contributed by atoms with E-state index >= 15 is 0 Å². The predicted octanol–water partition coefficient (Wildman–Crippen LogP) is 7.17. The number of hydrogen-bond acceptors (Lipinski definition) is 7. The lowest BCUT2D eigenvalue weighted by Gasteiger charge is -2.15. The highest BCUT2D eigenvalue weighted by Gasteiger charge is 2.12. The van der Waals surface area contributed by atoms with Crippen molar-refractivity contribution in [2.24, 2.45) is 0 Å². The van der Waals surface area contributed by atoms with E-state index in [9.17, 15) is 4.79 Å². The van der Waals surface area contributed by atoms with Gasteiger partial charge in [-0.25, -0.2) is 19.4 Å². The van der Waals surface area contributed by atoms with E-state index in [0.717, 1.165) is 40.4 Å². The van der Waals surface area contributed by atoms with Crippen LogP contribution >= 0.6 is 0 Å². The summed E-state index contributed by atoms with van der Waals surface area (Å²) in [6, 6.07) is 25.9. The molecule has 0 saturated carbocycles. The fourth-order valence-electron chi connectivity index (χ4n) is 4.05. The third kappa shape index (κ3) is 7.97. The molecular weight excluding hydrogens is 530 g/mol. The molecule has 0 aliphatic carbocycles. The number of nitrogens with one attached hydrogen (secondary N) is 1. The van der Waals surface area contributed by atoms with Gasteiger partial charge >= 0.3 is 5.97 Å². The number of esters is 1. The van der Waals surface area contributed by atoms with Gasteiger partial charge in [-0.05, 0) is 54.1 Å². The van der Waals surface area contributed by atoms with Crippen molar-refractivity contribution in [1.29, 1.82) is 0 Å². The largest absolute Gasteiger partial charge is 0.423 e. The van der Waals surface area contributed by atoms with Gasteiger partial charge in [-0.3, -0.25) is 0 Å². The quantitative estimate of drug-likeness (QED) is 0.0599. The van der Waals surface area contributed by atoms with Crippen molar-refractivity contribution in [3.63, 3.8) is 0 Å². The molecule has 0 bridgehead atoms. The summed E-state index contributed by atoms with van der Waals surface area (Å²) in [5, 5.41) is 8.72. The van der Waals surface area contributed by atoms with Gasteiger partial charge in [-0.15, -0.1) is 0 Å². The number of aromatic nitrogens is 4. The number of rotatable bonds is 11. The van der Waals surface area contributed by atoms with Crippen molar-refractivity contribution in [3.8, 4) is 16.9 Å². The Labute approximate surface area is 240 Å². The molecule has 5 aromatic rings. The Hall–Kier alpha value is -4.60. The summed E-state index contributed by atoms with van der Waals surface area (Å²) in [5.41, 5.74) is 3.71. The summed E-state index contributed by atoms with van der Waals surface area (Å²) < 4.78 is 13.0. The van der Waals surface area contributed by atoms with Crippen molar-refractivity contribution in [1.82, 2.24) is 19.7 Å². The second kappa shape index (κ2) is 12.7. The third-order valence-corrected chi connectivity index (χ3v) is 7.99. The Bertz CT molecular complexity index is 1640. The van der Waals surface area contributed by atoms with Gasteiger partial charge in [0.25, 0.3) is 0 Å². The number of para-hydroxylation sites is 2. The smallest absolute Gasteiger partial charge is 0.336 e. The minimum atomic E-state index is -1.11. The van der Waals surface area contributed by atoms with Crippen LogP contribution < -0.4 is 10.1 Å². The molecule has 0 aliphatic heterocycles. The van der Waals surface area contributed by atoms with E-state index in [1.54, 1.807) is 18.2 Å². The molecule has 2 aromatic heterocycles. The SMILES string of the molecule is C[Si](C)(C)CCOCn1cc(-c2ccc(Nc3nc(C=CC(=O)Oc4ccccc4)nc4ccccc34)cc2)cn1. The first-order valence-corrected chi connectivity index (χ1v) is 17.2. The molecule has 5 rings (SSSR count). The van der Waals surface area contributed by atoms with Crippen LogP contribution in [0.15, 0.2) is 97.3 Å². The lowest BCUT2D eigenvalue weighted by molar-refractivity contribution is -0.128. The zero-order valence-electron chi connectivity index (χ0n) is 23.4. The normalized spacial score (nSPS) is 11.7. The van der Waals surface area contributed by atoms with Gasteiger partial charge in [-0.1, -0.05) is 62.1 Å². The number of carbonyl (C=O) groups excluding carboxylic acids is 1. The minimum absolute atomic E-state index is 0.396. The van der Waals surface area contributed by atoms with Crippen LogP contribution in [0.5, 0.6) is 5.75 Å². The van der Waals surface area contributed by atoms with Crippen LogP contribution in [0.1, 0.15) is 5.82 Å². The van der Waals surface area contributed by atoms with Crippen LogP contribution in [0.25, 0.3) is 28.1 Å². The number of carbonyl (C=O) groups is 1. The number of nitrogens with zero attached hydrogens (tertiary/aromatic N) is 4. The van der Waals surface area contributed by atoms with E-state index in [1.165, 1.54) is 6.08 Å². The zero-order valence-corrected chi connectivity index (χ0v) is 24.4. The first-order valence-electron chi connectivity index (χ1n) is 13.5. The molecule has 0 saturated heterocycles. The molecule has 9 heteroatoms. The fraction of sp³-hybridized carbons (Fsp3) is 0.188. The van der Waals surface area contributed by atoms with E-state index in [1.807, 2.05) is 83.8 Å². The number of benzene rings is 3. The second-order valence-electron chi connectivity index (χ2n) is 10.8. The molecule has 0 amide bonds. The average molecular weight is 564 g/mol. The molecule has 8 nitrogen and oxygen atoms in total. The maximum absolute atomic E-state index is 12.3. The monoisotopic (exact) mass is 563 g/mol. The van der Waals surface area contributed by atoms with Crippen molar-refractivity contribution in [3.05, 3.63) is 103 Å². The van der Waals surface area contributed by atoms with Gasteiger partial charge in [-0.2, -0.15) is 5.10 Å². The molecule has 0 aliphatic rings. The molecule has 0 unspecified atom stereocenters. The Morgan fingerprint density at radius 3 is 2.46 bits per heavy atom. The molecule has 208 valence electrons. The van der Waals surface area contributed by atoms with Crippen LogP contribution in [0.3, 0.4) is 0 Å². The third-order valence-electron chi connectivity index (χ3n) is 6.28. The summed E-state index contributed by atoms with van der Waals surface area (Å²) in [6.07, 6.45) is 6.73. The van der Waals surface area contributed by atoms with E-state index in [2.05, 4.69) is 40.0 Å². The molecule has 0 atom stereocenters. The number of anilines is 2. The standard InChI is InChI=1S/C32H33N5O3Si/c1-41(2,3)20-19-39-23-37-22-25(21-33-37)24-13-15-26(16-14-24)34-32-28-11-7-8-12-29(28)35-30(36-32)17-18-31(38)40-27-9-5-4-6-10-27/h4-18,21-22H,19-20,23H2,1-3H3,(H,34,35,36). The highest BCUT2D eigenvalue weighted by atomic mass is 28.3. The van der Waals surface area contributed by atoms with Gasteiger partial charge < -0.3 is 14.8 Å². The predicted molar refractivity (Wildman–Crippen MR) is 166 cm³/mol. The molecule has 0 spiro atoms. The summed E-state index contributed by atoms with van der Waals surface area (Å²) in [5.74, 6) is 1.01. The average Bonchev–Trinajstić information content (AvgIpc) is 3.44. The Kier molecular flexibility index (Phi) is 8.66. The first-order chi connectivity index (χ1) is 19.8. The zero-order chi connectivity index (χ0) is 28.7. The van der Waals surface area contributed by atoms with Crippen molar-refractivity contribution in [2.45, 2.75) is 32.4 Å². The Morgan fingerprint density at radius 2 is 1.68 bits per heavy atom. The van der Waals surface area contributed by atoms with Gasteiger partial charge in [0.1, 0.15) is 18.3 Å². The van der Waals surface area contributed by atoms with E-state index in [-0.39, 0.29) is 0 Å². The van der Waals surface area contributed by atoms with Crippen molar-refractivity contribution >= 4 is 42.5 Å². The highest BCUT2D eigenvalue weighted by molar-refractivity contribution is 6.76. The van der Waals surface area contributed by atoms with Crippen LogP contribution in [-0.2, 0) is 16.3 Å². The van der Waals surface area contributed by atoms with Crippen LogP contribution in [0.2, 0.25) is 25.7 Å². The molecule has 1 N–H and O–H groups in total. The number of fused-ring (bicyclic) bond motifs is 1. The maximum Gasteiger partial charge on any atom is 0.336 e. The molecule has 0 radical (unpaired) electrons. The molecule has 0 fully saturated rings. The van der Waals surface area contributed by atoms with Gasteiger partial charge in [0.2, 0.25) is 0 Å². The van der Waals surface area contributed by atoms with Crippen LogP contribution in [0.4, 0.5) is 11.5 Å². The van der Waals surface area contributed by atoms with Crippen molar-refractivity contribution in [2.75, 3.05) is 11.9 Å². The van der Waals surface area contributed by atoms with Gasteiger partial charge in [0.15, 0.2) is 5.82 Å². The molecule has 41 heavy (non-hydrogen) atoms. The minimum Gasteiger partial charge on any atom is -0.423 e. The van der Waals surface area contributed by atoms with Crippen molar-refractivity contribution < 1.29 is 14.3 Å². The summed E-state index contributed by atoms with van der Waals surface area (Å²) >= 11 is 0. The summed E-state index contributed by atoms with van der Waals surface area (Å²) in [6.45, 7) is 8.24. The van der Waals surface area contributed by atoms with Gasteiger partial charge in [0.05, 0.1) is 11.7 Å². The van der Waals surface area contributed by atoms with Crippen LogP contribution in [-0.4, -0.2) is 40.4 Å². The van der Waals surface area contributed by atoms with E-state index < -0.39 is 14.0 Å². The molecule has 3 aromatic carbocycles. The van der Waals surface area contributed by atoms with Gasteiger partial charge in [0, 0.05) is 43.6 Å². The second-order valence-corrected chi connectivity index (χ2v) is 16.5. The number of ether oxygens (including phenoxy) is 2. The highest BCUT2D eigenvalue weighted by Crippen LogP contribution is 2.26. The molecule has 2 heterocycles. The lowest BCUT2D eigenvalue weighted by atomic mass is 10.1. The Balaban J connectivity index is 1.27. The van der Waals surface area contributed by atoms with E-state index in [4.69, 9.17) is 9.47 Å². The maximum atomic E-state index is 12.3. The summed E-state index contributed by atoms with van der Waals surface area (Å²) in [4.78, 5) is 21.5. The Morgan fingerprint density at radius 1 is 0.927 bits per heavy atom. The fourth-order valence-corrected chi connectivity index (χ4v) is 4.80. The summed E-state index contributed by atoms with van der Waals surface area (Å²) in [7, 11) is -1.11. The molecular formula is C32H33N5O3Si. The first kappa shape index (κ1) is 27.9. The number of hydrogen-bond donors (Lipinski definition) is 1. The topological polar surface area (TPSA) is 91.2 Å². The lowest BCUT2D eigenvalue weighted by Crippen LogP contribution is -2.22. The van der Waals surface area contributed by atoms with Crippen LogP contribution in [0, 0.1) is 0 Å².